The van der Waals surface area contributed by atoms with E-state index in [9.17, 15) is 14.7 Å². The molecule has 4 atom stereocenters. The molecule has 1 heterocycles. The molecule has 2 aliphatic rings. The highest BCUT2D eigenvalue weighted by atomic mass is 35.5. The van der Waals surface area contributed by atoms with E-state index in [1.807, 2.05) is 24.0 Å². The van der Waals surface area contributed by atoms with Crippen LogP contribution in [0.25, 0.3) is 0 Å². The van der Waals surface area contributed by atoms with Gasteiger partial charge < -0.3 is 15.3 Å². The molecule has 1 unspecified atom stereocenters. The van der Waals surface area contributed by atoms with Gasteiger partial charge in [0.15, 0.2) is 0 Å². The van der Waals surface area contributed by atoms with Crippen molar-refractivity contribution in [1.29, 1.82) is 0 Å². The maximum absolute atomic E-state index is 13.2. The molecule has 160 valence electrons. The van der Waals surface area contributed by atoms with Crippen molar-refractivity contribution in [3.63, 3.8) is 0 Å². The smallest absolute Gasteiger partial charge is 0.245 e. The van der Waals surface area contributed by atoms with Gasteiger partial charge in [-0.05, 0) is 61.1 Å². The second kappa shape index (κ2) is 9.05. The third-order valence-corrected chi connectivity index (χ3v) is 6.86. The lowest BCUT2D eigenvalue weighted by molar-refractivity contribution is -0.140. The number of aliphatic hydroxyl groups excluding tert-OH is 1. The van der Waals surface area contributed by atoms with E-state index in [4.69, 9.17) is 11.6 Å². The number of amides is 2. The number of piperidine rings is 1. The summed E-state index contributed by atoms with van der Waals surface area (Å²) in [6.07, 6.45) is 2.91. The van der Waals surface area contributed by atoms with Crippen LogP contribution in [0.3, 0.4) is 0 Å². The van der Waals surface area contributed by atoms with E-state index in [0.29, 0.717) is 44.7 Å². The number of carbonyl (C=O) groups is 2. The van der Waals surface area contributed by atoms with Gasteiger partial charge in [-0.25, -0.2) is 0 Å². The predicted molar refractivity (Wildman–Crippen MR) is 115 cm³/mol. The average Bonchev–Trinajstić information content (AvgIpc) is 3.12. The monoisotopic (exact) mass is 420 g/mol. The van der Waals surface area contributed by atoms with Gasteiger partial charge in [0.2, 0.25) is 11.8 Å². The van der Waals surface area contributed by atoms with Crippen LogP contribution in [0.15, 0.2) is 24.3 Å². The Morgan fingerprint density at radius 2 is 1.93 bits per heavy atom. The summed E-state index contributed by atoms with van der Waals surface area (Å²) in [5, 5.41) is 13.4. The van der Waals surface area contributed by atoms with Crippen LogP contribution < -0.4 is 5.32 Å². The maximum Gasteiger partial charge on any atom is 0.245 e. The van der Waals surface area contributed by atoms with Crippen LogP contribution in [0, 0.1) is 11.3 Å². The van der Waals surface area contributed by atoms with Crippen LogP contribution in [0.1, 0.15) is 64.4 Å². The summed E-state index contributed by atoms with van der Waals surface area (Å²) in [4.78, 5) is 27.6. The molecular weight excluding hydrogens is 388 g/mol. The van der Waals surface area contributed by atoms with Gasteiger partial charge in [0.05, 0.1) is 6.10 Å². The summed E-state index contributed by atoms with van der Waals surface area (Å²) in [5.41, 5.74) is 1.19. The van der Waals surface area contributed by atoms with E-state index in [-0.39, 0.29) is 23.1 Å². The summed E-state index contributed by atoms with van der Waals surface area (Å²) < 4.78 is 0. The molecule has 3 rings (SSSR count). The Hall–Kier alpha value is -1.59. The van der Waals surface area contributed by atoms with Crippen LogP contribution >= 0.6 is 11.6 Å². The molecule has 1 aliphatic heterocycles. The van der Waals surface area contributed by atoms with E-state index < -0.39 is 12.1 Å². The highest BCUT2D eigenvalue weighted by Crippen LogP contribution is 2.42. The normalized spacial score (nSPS) is 27.5. The van der Waals surface area contributed by atoms with Crippen molar-refractivity contribution in [2.24, 2.45) is 11.3 Å². The van der Waals surface area contributed by atoms with Crippen molar-refractivity contribution in [2.45, 2.75) is 70.9 Å². The summed E-state index contributed by atoms with van der Waals surface area (Å²) in [6.45, 7) is 7.67. The van der Waals surface area contributed by atoms with Gasteiger partial charge in [-0.2, -0.15) is 0 Å². The molecule has 2 fully saturated rings. The first-order valence-electron chi connectivity index (χ1n) is 10.7. The van der Waals surface area contributed by atoms with Gasteiger partial charge in [-0.15, -0.1) is 0 Å². The molecule has 2 N–H and O–H groups in total. The Bertz CT molecular complexity index is 734. The summed E-state index contributed by atoms with van der Waals surface area (Å²) in [6, 6.07) is 7.51. The highest BCUT2D eigenvalue weighted by Gasteiger charge is 2.40. The minimum Gasteiger partial charge on any atom is -0.393 e. The van der Waals surface area contributed by atoms with E-state index in [2.05, 4.69) is 31.3 Å². The van der Waals surface area contributed by atoms with Gasteiger partial charge >= 0.3 is 0 Å². The topological polar surface area (TPSA) is 69.6 Å². The Morgan fingerprint density at radius 3 is 2.48 bits per heavy atom. The molecular formula is C23H33ClN2O3. The Morgan fingerprint density at radius 1 is 1.24 bits per heavy atom. The third-order valence-electron chi connectivity index (χ3n) is 6.61. The van der Waals surface area contributed by atoms with Gasteiger partial charge in [-0.1, -0.05) is 44.5 Å². The summed E-state index contributed by atoms with van der Waals surface area (Å²) in [7, 11) is 0. The zero-order valence-electron chi connectivity index (χ0n) is 17.7. The van der Waals surface area contributed by atoms with Crippen molar-refractivity contribution in [3.8, 4) is 0 Å². The predicted octanol–water partition coefficient (Wildman–Crippen LogP) is 3.74. The molecule has 5 nitrogen and oxygen atoms in total. The van der Waals surface area contributed by atoms with Gasteiger partial charge in [0.25, 0.3) is 0 Å². The largest absolute Gasteiger partial charge is 0.393 e. The number of halogens is 1. The Kier molecular flexibility index (Phi) is 6.90. The summed E-state index contributed by atoms with van der Waals surface area (Å²) >= 11 is 6.03. The number of nitrogens with zero attached hydrogens (tertiary/aromatic N) is 1. The molecule has 1 aromatic rings. The molecule has 0 aromatic heterocycles. The van der Waals surface area contributed by atoms with Gasteiger partial charge in [0, 0.05) is 24.0 Å². The fourth-order valence-corrected chi connectivity index (χ4v) is 5.03. The van der Waals surface area contributed by atoms with Crippen molar-refractivity contribution in [1.82, 2.24) is 10.2 Å². The number of hydrogen-bond donors (Lipinski definition) is 2. The first-order valence-corrected chi connectivity index (χ1v) is 11.1. The number of hydrogen-bond acceptors (Lipinski definition) is 3. The molecule has 1 saturated heterocycles. The summed E-state index contributed by atoms with van der Waals surface area (Å²) in [5.74, 6) is 0.0801. The molecule has 29 heavy (non-hydrogen) atoms. The number of carbonyl (C=O) groups excluding carboxylic acids is 2. The number of nitrogens with one attached hydrogen (secondary N) is 1. The average molecular weight is 421 g/mol. The van der Waals surface area contributed by atoms with E-state index in [1.165, 1.54) is 5.56 Å². The van der Waals surface area contributed by atoms with E-state index >= 15 is 0 Å². The Balaban J connectivity index is 1.63. The number of likely N-dealkylation sites (tertiary alicyclic amines) is 1. The fourth-order valence-electron chi connectivity index (χ4n) is 4.90. The van der Waals surface area contributed by atoms with Gasteiger partial charge in [0.1, 0.15) is 6.04 Å². The number of rotatable bonds is 5. The Labute approximate surface area is 178 Å². The third kappa shape index (κ3) is 5.13. The molecule has 0 radical (unpaired) electrons. The maximum atomic E-state index is 13.2. The molecule has 1 aliphatic carbocycles. The van der Waals surface area contributed by atoms with Crippen molar-refractivity contribution in [2.75, 3.05) is 13.1 Å². The number of benzene rings is 1. The lowest BCUT2D eigenvalue weighted by Gasteiger charge is -2.45. The second-order valence-corrected chi connectivity index (χ2v) is 9.71. The minimum atomic E-state index is -0.497. The van der Waals surface area contributed by atoms with Crippen molar-refractivity contribution >= 4 is 23.4 Å². The zero-order chi connectivity index (χ0) is 21.2. The lowest BCUT2D eigenvalue weighted by atomic mass is 9.70. The molecule has 0 spiro atoms. The number of aliphatic hydroxyl groups is 1. The molecule has 1 saturated carbocycles. The quantitative estimate of drug-likeness (QED) is 0.762. The fraction of sp³-hybridized carbons (Fsp3) is 0.652. The van der Waals surface area contributed by atoms with Crippen molar-refractivity contribution < 1.29 is 14.7 Å². The van der Waals surface area contributed by atoms with Crippen molar-refractivity contribution in [3.05, 3.63) is 34.9 Å². The first kappa shape index (κ1) is 22.1. The zero-order valence-corrected chi connectivity index (χ0v) is 18.4. The van der Waals surface area contributed by atoms with Crippen LogP contribution in [0.5, 0.6) is 0 Å². The van der Waals surface area contributed by atoms with Gasteiger partial charge in [-0.3, -0.25) is 9.59 Å². The molecule has 2 amide bonds. The van der Waals surface area contributed by atoms with E-state index in [1.54, 1.807) is 0 Å². The molecule has 6 heteroatoms. The van der Waals surface area contributed by atoms with Crippen LogP contribution in [0.2, 0.25) is 5.02 Å². The van der Waals surface area contributed by atoms with Crippen LogP contribution in [-0.4, -0.2) is 47.1 Å². The van der Waals surface area contributed by atoms with E-state index in [0.717, 1.165) is 11.4 Å². The first-order chi connectivity index (χ1) is 13.7. The second-order valence-electron chi connectivity index (χ2n) is 9.27. The standard InChI is InChI=1S/C23H33ClN2O3/c1-4-20(25-21(28)16-7-10-18(27)13-16)22(29)26-12-11-19(23(2,3)14-26)15-5-8-17(24)9-6-15/h5-6,8-9,16,18-20,27H,4,7,10-14H2,1-3H3,(H,25,28)/t16-,18+,19?,20-/m1/s1. The molecule has 0 bridgehead atoms. The lowest BCUT2D eigenvalue weighted by Crippen LogP contribution is -2.54. The van der Waals surface area contributed by atoms with Crippen LogP contribution in [-0.2, 0) is 9.59 Å². The highest BCUT2D eigenvalue weighted by molar-refractivity contribution is 6.30. The minimum absolute atomic E-state index is 0.00188. The van der Waals surface area contributed by atoms with Crippen LogP contribution in [0.4, 0.5) is 0 Å². The molecule has 1 aromatic carbocycles. The SMILES string of the molecule is CC[C@@H](NC(=O)[C@@H]1CC[C@H](O)C1)C(=O)N1CCC(c2ccc(Cl)cc2)C(C)(C)C1.